The Bertz CT molecular complexity index is 459. The van der Waals surface area contributed by atoms with Gasteiger partial charge in [-0.15, -0.1) is 0 Å². The maximum Gasteiger partial charge on any atom is 0.328 e. The molecule has 1 N–H and O–H groups in total. The van der Waals surface area contributed by atoms with Crippen molar-refractivity contribution in [3.8, 4) is 0 Å². The molecule has 0 aromatic heterocycles. The molecule has 1 unspecified atom stereocenters. The van der Waals surface area contributed by atoms with Gasteiger partial charge in [-0.2, -0.15) is 11.8 Å². The van der Waals surface area contributed by atoms with Gasteiger partial charge in [-0.25, -0.2) is 4.79 Å². The Morgan fingerprint density at radius 3 is 3.00 bits per heavy atom. The van der Waals surface area contributed by atoms with Crippen molar-refractivity contribution >= 4 is 29.5 Å². The number of aliphatic carboxylic acids is 1. The van der Waals surface area contributed by atoms with Crippen LogP contribution < -0.4 is 4.90 Å². The maximum absolute atomic E-state index is 10.6. The van der Waals surface area contributed by atoms with Gasteiger partial charge in [0.2, 0.25) is 0 Å². The number of hydrogen-bond acceptors (Lipinski definition) is 3. The molecule has 1 aromatic rings. The van der Waals surface area contributed by atoms with Gasteiger partial charge in [0.25, 0.3) is 0 Å². The number of nitrogens with zero attached hydrogens (tertiary/aromatic N) is 1. The number of carboxylic acids is 1. The second-order valence-electron chi connectivity index (χ2n) is 4.35. The lowest BCUT2D eigenvalue weighted by Gasteiger charge is -2.36. The first-order chi connectivity index (χ1) is 8.68. The van der Waals surface area contributed by atoms with Crippen LogP contribution in [0.25, 0.3) is 6.08 Å². The molecule has 1 heterocycles. The number of para-hydroxylation sites is 1. The van der Waals surface area contributed by atoms with E-state index in [1.165, 1.54) is 6.08 Å². The molecule has 18 heavy (non-hydrogen) atoms. The predicted octanol–water partition coefficient (Wildman–Crippen LogP) is 2.73. The van der Waals surface area contributed by atoms with Gasteiger partial charge >= 0.3 is 5.97 Å². The van der Waals surface area contributed by atoms with E-state index in [1.807, 2.05) is 30.0 Å². The highest BCUT2D eigenvalue weighted by Crippen LogP contribution is 2.27. The quantitative estimate of drug-likeness (QED) is 0.851. The molecule has 0 radical (unpaired) electrons. The van der Waals surface area contributed by atoms with E-state index in [9.17, 15) is 4.79 Å². The van der Waals surface area contributed by atoms with Crippen LogP contribution in [0.3, 0.4) is 0 Å². The lowest BCUT2D eigenvalue weighted by molar-refractivity contribution is -0.131. The number of carbonyl (C=O) groups is 1. The lowest BCUT2D eigenvalue weighted by Crippen LogP contribution is -2.40. The number of thioether (sulfide) groups is 1. The first-order valence-electron chi connectivity index (χ1n) is 6.03. The summed E-state index contributed by atoms with van der Waals surface area (Å²) < 4.78 is 0. The summed E-state index contributed by atoms with van der Waals surface area (Å²) >= 11 is 1.97. The van der Waals surface area contributed by atoms with E-state index in [0.29, 0.717) is 6.04 Å². The minimum atomic E-state index is -0.910. The fourth-order valence-electron chi connectivity index (χ4n) is 2.14. The zero-order valence-corrected chi connectivity index (χ0v) is 11.2. The topological polar surface area (TPSA) is 40.5 Å². The molecule has 1 fully saturated rings. The molecule has 1 atom stereocenters. The van der Waals surface area contributed by atoms with Gasteiger partial charge in [0.1, 0.15) is 0 Å². The second-order valence-corrected chi connectivity index (χ2v) is 5.50. The van der Waals surface area contributed by atoms with E-state index in [-0.39, 0.29) is 0 Å². The summed E-state index contributed by atoms with van der Waals surface area (Å²) in [6, 6.07) is 8.45. The fourth-order valence-corrected chi connectivity index (χ4v) is 3.15. The van der Waals surface area contributed by atoms with E-state index >= 15 is 0 Å². The van der Waals surface area contributed by atoms with Crippen LogP contribution in [-0.4, -0.2) is 35.2 Å². The van der Waals surface area contributed by atoms with Gasteiger partial charge in [-0.3, -0.25) is 0 Å². The summed E-state index contributed by atoms with van der Waals surface area (Å²) in [5.74, 6) is 1.34. The lowest BCUT2D eigenvalue weighted by atomic mass is 10.1. The summed E-state index contributed by atoms with van der Waals surface area (Å²) in [5.41, 5.74) is 2.10. The van der Waals surface area contributed by atoms with Crippen molar-refractivity contribution in [2.45, 2.75) is 13.0 Å². The number of rotatable bonds is 3. The van der Waals surface area contributed by atoms with Gasteiger partial charge < -0.3 is 10.0 Å². The van der Waals surface area contributed by atoms with Crippen LogP contribution in [0.4, 0.5) is 5.69 Å². The van der Waals surface area contributed by atoms with Gasteiger partial charge in [-0.05, 0) is 24.6 Å². The van der Waals surface area contributed by atoms with Crippen molar-refractivity contribution < 1.29 is 9.90 Å². The smallest absolute Gasteiger partial charge is 0.328 e. The van der Waals surface area contributed by atoms with Crippen LogP contribution in [0.5, 0.6) is 0 Å². The molecule has 0 bridgehead atoms. The molecular formula is C14H17NO2S. The van der Waals surface area contributed by atoms with Gasteiger partial charge in [-0.1, -0.05) is 18.2 Å². The highest BCUT2D eigenvalue weighted by atomic mass is 32.2. The Hall–Kier alpha value is -1.42. The van der Waals surface area contributed by atoms with E-state index in [2.05, 4.69) is 17.9 Å². The third kappa shape index (κ3) is 3.07. The average molecular weight is 263 g/mol. The normalized spacial score (nSPS) is 20.3. The van der Waals surface area contributed by atoms with Crippen molar-refractivity contribution in [3.63, 3.8) is 0 Å². The van der Waals surface area contributed by atoms with E-state index in [1.54, 1.807) is 6.08 Å². The molecule has 0 spiro atoms. The Morgan fingerprint density at radius 1 is 1.50 bits per heavy atom. The monoisotopic (exact) mass is 263 g/mol. The zero-order chi connectivity index (χ0) is 13.0. The Morgan fingerprint density at radius 2 is 2.28 bits per heavy atom. The number of benzene rings is 1. The number of hydrogen-bond donors (Lipinski definition) is 1. The Kier molecular flexibility index (Phi) is 4.31. The van der Waals surface area contributed by atoms with Crippen LogP contribution in [-0.2, 0) is 4.79 Å². The maximum atomic E-state index is 10.6. The number of carboxylic acid groups (broad SMARTS) is 1. The zero-order valence-electron chi connectivity index (χ0n) is 10.4. The molecule has 1 aliphatic heterocycles. The summed E-state index contributed by atoms with van der Waals surface area (Å²) in [6.45, 7) is 3.23. The SMILES string of the molecule is CC1CSCCN1c1ccccc1C=CC(=O)O. The first-order valence-corrected chi connectivity index (χ1v) is 7.18. The molecule has 3 nitrogen and oxygen atoms in total. The summed E-state index contributed by atoms with van der Waals surface area (Å²) in [6.07, 6.45) is 2.87. The van der Waals surface area contributed by atoms with Crippen molar-refractivity contribution in [1.29, 1.82) is 0 Å². The van der Waals surface area contributed by atoms with Crippen LogP contribution in [0.1, 0.15) is 12.5 Å². The highest BCUT2D eigenvalue weighted by Gasteiger charge is 2.20. The standard InChI is InChI=1S/C14H17NO2S/c1-11-10-18-9-8-15(11)13-5-3-2-4-12(13)6-7-14(16)17/h2-7,11H,8-10H2,1H3,(H,16,17). The van der Waals surface area contributed by atoms with Crippen molar-refractivity contribution in [1.82, 2.24) is 0 Å². The predicted molar refractivity (Wildman–Crippen MR) is 77.2 cm³/mol. The average Bonchev–Trinajstić information content (AvgIpc) is 2.37. The number of anilines is 1. The molecule has 1 aromatic carbocycles. The third-order valence-electron chi connectivity index (χ3n) is 3.02. The largest absolute Gasteiger partial charge is 0.478 e. The fraction of sp³-hybridized carbons (Fsp3) is 0.357. The van der Waals surface area contributed by atoms with Crippen LogP contribution >= 0.6 is 11.8 Å². The minimum Gasteiger partial charge on any atom is -0.478 e. The van der Waals surface area contributed by atoms with Gasteiger partial charge in [0.05, 0.1) is 0 Å². The molecule has 0 amide bonds. The van der Waals surface area contributed by atoms with Crippen molar-refractivity contribution in [2.75, 3.05) is 23.0 Å². The van der Waals surface area contributed by atoms with Crippen LogP contribution in [0, 0.1) is 0 Å². The molecule has 0 aliphatic carbocycles. The highest BCUT2D eigenvalue weighted by molar-refractivity contribution is 7.99. The van der Waals surface area contributed by atoms with Gasteiger partial charge in [0.15, 0.2) is 0 Å². The molecular weight excluding hydrogens is 246 g/mol. The Labute approximate surface area is 111 Å². The van der Waals surface area contributed by atoms with E-state index < -0.39 is 5.97 Å². The molecule has 4 heteroatoms. The summed E-state index contributed by atoms with van der Waals surface area (Å²) in [5, 5.41) is 8.72. The van der Waals surface area contributed by atoms with E-state index in [0.717, 1.165) is 29.3 Å². The van der Waals surface area contributed by atoms with Crippen LogP contribution in [0.2, 0.25) is 0 Å². The van der Waals surface area contributed by atoms with Crippen molar-refractivity contribution in [2.24, 2.45) is 0 Å². The first kappa shape index (κ1) is 13.0. The molecule has 2 rings (SSSR count). The summed E-state index contributed by atoms with van der Waals surface area (Å²) in [4.78, 5) is 13.0. The molecule has 0 saturated carbocycles. The third-order valence-corrected chi connectivity index (χ3v) is 4.21. The van der Waals surface area contributed by atoms with Crippen LogP contribution in [0.15, 0.2) is 30.3 Å². The molecule has 96 valence electrons. The van der Waals surface area contributed by atoms with Gasteiger partial charge in [0, 0.05) is 35.9 Å². The molecule has 1 aliphatic rings. The molecule has 1 saturated heterocycles. The van der Waals surface area contributed by atoms with Crippen molar-refractivity contribution in [3.05, 3.63) is 35.9 Å². The van der Waals surface area contributed by atoms with E-state index in [4.69, 9.17) is 5.11 Å². The summed E-state index contributed by atoms with van der Waals surface area (Å²) in [7, 11) is 0. The minimum absolute atomic E-state index is 0.489. The second kappa shape index (κ2) is 5.96. The Balaban J connectivity index is 2.28.